The van der Waals surface area contributed by atoms with E-state index in [0.717, 1.165) is 16.5 Å². The highest BCUT2D eigenvalue weighted by Gasteiger charge is 1.96. The van der Waals surface area contributed by atoms with Gasteiger partial charge in [-0.3, -0.25) is 0 Å². The van der Waals surface area contributed by atoms with Gasteiger partial charge < -0.3 is 5.84 Å². The van der Waals surface area contributed by atoms with Gasteiger partial charge in [0.25, 0.3) is 0 Å². The summed E-state index contributed by atoms with van der Waals surface area (Å²) in [6, 6.07) is 13.9. The monoisotopic (exact) mass is 171 g/mol. The van der Waals surface area contributed by atoms with E-state index in [1.54, 1.807) is 0 Å². The van der Waals surface area contributed by atoms with Crippen molar-refractivity contribution in [3.63, 3.8) is 0 Å². The molecule has 13 heavy (non-hydrogen) atoms. The van der Waals surface area contributed by atoms with Crippen LogP contribution in [-0.2, 0) is 0 Å². The van der Waals surface area contributed by atoms with Crippen LogP contribution >= 0.6 is 0 Å². The van der Waals surface area contributed by atoms with Crippen molar-refractivity contribution in [2.45, 2.75) is 0 Å². The third-order valence-corrected chi connectivity index (χ3v) is 1.93. The standard InChI is InChI=1S/C10H9N3/c11-13-12-10-7-3-5-8-4-1-2-6-9(8)10/h1-7H,(H2,11,12). The summed E-state index contributed by atoms with van der Waals surface area (Å²) < 4.78 is 0. The topological polar surface area (TPSA) is 50.7 Å². The third kappa shape index (κ3) is 1.36. The maximum atomic E-state index is 5.01. The lowest BCUT2D eigenvalue weighted by Gasteiger charge is -1.98. The quantitative estimate of drug-likeness (QED) is 0.400. The lowest BCUT2D eigenvalue weighted by molar-refractivity contribution is 1.07. The number of nitrogens with two attached hydrogens (primary N) is 1. The number of hydrogen-bond donors (Lipinski definition) is 1. The molecule has 0 aromatic heterocycles. The zero-order valence-electron chi connectivity index (χ0n) is 7.01. The first-order chi connectivity index (χ1) is 6.42. The molecule has 0 aliphatic rings. The van der Waals surface area contributed by atoms with Crippen LogP contribution in [0.1, 0.15) is 0 Å². The largest absolute Gasteiger partial charge is 0.305 e. The number of hydrogen-bond acceptors (Lipinski definition) is 2. The Labute approximate surface area is 75.9 Å². The third-order valence-electron chi connectivity index (χ3n) is 1.93. The van der Waals surface area contributed by atoms with E-state index in [1.807, 2.05) is 42.5 Å². The Kier molecular flexibility index (Phi) is 1.92. The summed E-state index contributed by atoms with van der Waals surface area (Å²) in [4.78, 5) is 0. The van der Waals surface area contributed by atoms with Gasteiger partial charge in [-0.05, 0) is 11.5 Å². The molecule has 2 N–H and O–H groups in total. The predicted octanol–water partition coefficient (Wildman–Crippen LogP) is 2.80. The zero-order chi connectivity index (χ0) is 9.10. The Hall–Kier alpha value is -1.90. The Morgan fingerprint density at radius 3 is 2.54 bits per heavy atom. The highest BCUT2D eigenvalue weighted by Crippen LogP contribution is 2.25. The van der Waals surface area contributed by atoms with Crippen molar-refractivity contribution < 1.29 is 0 Å². The molecule has 0 amide bonds. The second-order valence-corrected chi connectivity index (χ2v) is 2.71. The first-order valence-electron chi connectivity index (χ1n) is 4.00. The van der Waals surface area contributed by atoms with Crippen molar-refractivity contribution >= 4 is 16.5 Å². The summed E-state index contributed by atoms with van der Waals surface area (Å²) in [6.45, 7) is 0. The molecule has 0 radical (unpaired) electrons. The number of nitrogens with zero attached hydrogens (tertiary/aromatic N) is 2. The molecule has 64 valence electrons. The van der Waals surface area contributed by atoms with Crippen LogP contribution in [0.3, 0.4) is 0 Å². The van der Waals surface area contributed by atoms with Crippen molar-refractivity contribution in [2.75, 3.05) is 0 Å². The molecule has 0 spiro atoms. The predicted molar refractivity (Wildman–Crippen MR) is 52.7 cm³/mol. The number of benzene rings is 2. The first-order valence-corrected chi connectivity index (χ1v) is 4.00. The Morgan fingerprint density at radius 1 is 0.923 bits per heavy atom. The molecule has 0 bridgehead atoms. The van der Waals surface area contributed by atoms with Gasteiger partial charge in [0.15, 0.2) is 0 Å². The van der Waals surface area contributed by atoms with Gasteiger partial charge in [-0.1, -0.05) is 41.6 Å². The number of fused-ring (bicyclic) bond motifs is 1. The lowest BCUT2D eigenvalue weighted by Crippen LogP contribution is -1.76. The summed E-state index contributed by atoms with van der Waals surface area (Å²) in [5, 5.41) is 9.33. The number of rotatable bonds is 1. The normalized spacial score (nSPS) is 11.1. The second kappa shape index (κ2) is 3.23. The molecule has 3 nitrogen and oxygen atoms in total. The fourth-order valence-electron chi connectivity index (χ4n) is 1.36. The van der Waals surface area contributed by atoms with Gasteiger partial charge in [-0.15, -0.1) is 5.11 Å². The molecule has 0 saturated carbocycles. The van der Waals surface area contributed by atoms with Gasteiger partial charge in [0, 0.05) is 5.39 Å². The summed E-state index contributed by atoms with van der Waals surface area (Å²) >= 11 is 0. The van der Waals surface area contributed by atoms with Crippen LogP contribution in [0.2, 0.25) is 0 Å². The Morgan fingerprint density at radius 2 is 1.69 bits per heavy atom. The highest BCUT2D eigenvalue weighted by molar-refractivity contribution is 5.92. The van der Waals surface area contributed by atoms with Crippen LogP contribution in [0.15, 0.2) is 52.8 Å². The molecule has 0 saturated heterocycles. The van der Waals surface area contributed by atoms with Crippen molar-refractivity contribution in [2.24, 2.45) is 16.2 Å². The molecule has 0 atom stereocenters. The van der Waals surface area contributed by atoms with Crippen LogP contribution in [0.25, 0.3) is 10.8 Å². The van der Waals surface area contributed by atoms with Crippen LogP contribution in [0, 0.1) is 0 Å². The Balaban J connectivity index is 2.75. The van der Waals surface area contributed by atoms with Crippen LogP contribution in [0.4, 0.5) is 5.69 Å². The van der Waals surface area contributed by atoms with Gasteiger partial charge in [-0.2, -0.15) is 0 Å². The van der Waals surface area contributed by atoms with E-state index < -0.39 is 0 Å². The average molecular weight is 171 g/mol. The van der Waals surface area contributed by atoms with Gasteiger partial charge in [0.1, 0.15) is 0 Å². The fraction of sp³-hybridized carbons (Fsp3) is 0. The molecular formula is C10H9N3. The molecule has 0 aliphatic carbocycles. The summed E-state index contributed by atoms with van der Waals surface area (Å²) in [5.41, 5.74) is 0.806. The van der Waals surface area contributed by atoms with E-state index in [2.05, 4.69) is 10.3 Å². The van der Waals surface area contributed by atoms with E-state index in [1.165, 1.54) is 0 Å². The lowest BCUT2D eigenvalue weighted by atomic mass is 10.1. The fourth-order valence-corrected chi connectivity index (χ4v) is 1.36. The van der Waals surface area contributed by atoms with Gasteiger partial charge in [0.05, 0.1) is 5.69 Å². The highest BCUT2D eigenvalue weighted by atomic mass is 15.3. The summed E-state index contributed by atoms with van der Waals surface area (Å²) in [7, 11) is 0. The summed E-state index contributed by atoms with van der Waals surface area (Å²) in [5.74, 6) is 5.01. The molecule has 2 aromatic carbocycles. The van der Waals surface area contributed by atoms with E-state index in [0.29, 0.717) is 0 Å². The molecule has 0 unspecified atom stereocenters. The van der Waals surface area contributed by atoms with Gasteiger partial charge >= 0.3 is 0 Å². The van der Waals surface area contributed by atoms with Crippen molar-refractivity contribution in [3.8, 4) is 0 Å². The molecule has 3 heteroatoms. The SMILES string of the molecule is NN=Nc1cccc2ccccc12. The minimum Gasteiger partial charge on any atom is -0.305 e. The van der Waals surface area contributed by atoms with Crippen LogP contribution < -0.4 is 5.84 Å². The zero-order valence-corrected chi connectivity index (χ0v) is 7.01. The second-order valence-electron chi connectivity index (χ2n) is 2.71. The average Bonchev–Trinajstić information content (AvgIpc) is 2.19. The van der Waals surface area contributed by atoms with E-state index in [4.69, 9.17) is 5.84 Å². The molecular weight excluding hydrogens is 162 g/mol. The molecule has 0 aliphatic heterocycles. The molecule has 0 fully saturated rings. The molecule has 2 rings (SSSR count). The van der Waals surface area contributed by atoms with E-state index >= 15 is 0 Å². The van der Waals surface area contributed by atoms with Crippen LogP contribution in [0.5, 0.6) is 0 Å². The van der Waals surface area contributed by atoms with E-state index in [9.17, 15) is 0 Å². The first kappa shape index (κ1) is 7.73. The van der Waals surface area contributed by atoms with Crippen molar-refractivity contribution in [1.82, 2.24) is 0 Å². The molecule has 0 heterocycles. The van der Waals surface area contributed by atoms with Gasteiger partial charge in [-0.25, -0.2) is 0 Å². The smallest absolute Gasteiger partial charge is 0.0952 e. The van der Waals surface area contributed by atoms with Crippen molar-refractivity contribution in [3.05, 3.63) is 42.5 Å². The summed E-state index contributed by atoms with van der Waals surface area (Å²) in [6.07, 6.45) is 0. The van der Waals surface area contributed by atoms with E-state index in [-0.39, 0.29) is 0 Å². The van der Waals surface area contributed by atoms with Crippen LogP contribution in [-0.4, -0.2) is 0 Å². The Bertz CT molecular complexity index is 443. The minimum atomic E-state index is 0.806. The molecule has 2 aromatic rings. The maximum Gasteiger partial charge on any atom is 0.0952 e. The minimum absolute atomic E-state index is 0.806. The van der Waals surface area contributed by atoms with Gasteiger partial charge in [0.2, 0.25) is 0 Å². The van der Waals surface area contributed by atoms with Crippen molar-refractivity contribution in [1.29, 1.82) is 0 Å². The maximum absolute atomic E-state index is 5.01.